The minimum Gasteiger partial charge on any atom is -0.465 e. The topological polar surface area (TPSA) is 98.5 Å². The number of ether oxygens (including phenoxy) is 1. The Labute approximate surface area is 247 Å². The molecule has 1 heterocycles. The predicted molar refractivity (Wildman–Crippen MR) is 148 cm³/mol. The number of halogens is 7. The van der Waals surface area contributed by atoms with Gasteiger partial charge in [-0.25, -0.2) is 18.5 Å². The second-order valence-electron chi connectivity index (χ2n) is 8.16. The number of urea groups is 1. The highest BCUT2D eigenvalue weighted by atomic mass is 35.5. The molecular weight excluding hydrogens is 621 g/mol. The Bertz CT molecular complexity index is 1430. The summed E-state index contributed by atoms with van der Waals surface area (Å²) in [6.07, 6.45) is -0.115. The van der Waals surface area contributed by atoms with Gasteiger partial charge in [-0.15, -0.1) is 16.7 Å². The van der Waals surface area contributed by atoms with Crippen LogP contribution in [0.1, 0.15) is 24.9 Å². The third-order valence-electron chi connectivity index (χ3n) is 5.04. The molecule has 0 saturated heterocycles. The van der Waals surface area contributed by atoms with Crippen LogP contribution in [-0.2, 0) is 16.0 Å². The van der Waals surface area contributed by atoms with E-state index in [1.54, 1.807) is 39.2 Å². The molecule has 3 aromatic rings. The van der Waals surface area contributed by atoms with Gasteiger partial charge in [0.15, 0.2) is 5.82 Å². The first-order valence-electron chi connectivity index (χ1n) is 11.4. The number of esters is 1. The molecule has 16 heteroatoms. The lowest BCUT2D eigenvalue weighted by molar-refractivity contribution is -0.142. The maximum absolute atomic E-state index is 14.2. The third kappa shape index (κ3) is 8.53. The smallest absolute Gasteiger partial charge is 0.355 e. The molecule has 1 atom stereocenters. The Morgan fingerprint density at radius 3 is 2.27 bits per heavy atom. The zero-order valence-electron chi connectivity index (χ0n) is 21.5. The zero-order chi connectivity index (χ0) is 30.3. The number of hydrogen-bond acceptors (Lipinski definition) is 5. The van der Waals surface area contributed by atoms with Crippen LogP contribution >= 0.6 is 46.4 Å². The second kappa shape index (κ2) is 14.6. The van der Waals surface area contributed by atoms with Crippen LogP contribution in [0.4, 0.5) is 23.7 Å². The van der Waals surface area contributed by atoms with E-state index in [0.717, 1.165) is 12.1 Å². The Morgan fingerprint density at radius 2 is 1.75 bits per heavy atom. The maximum atomic E-state index is 14.2. The van der Waals surface area contributed by atoms with Gasteiger partial charge in [-0.1, -0.05) is 34.8 Å². The monoisotopic (exact) mass is 643 g/mol. The molecule has 0 aliphatic rings. The number of anilines is 1. The van der Waals surface area contributed by atoms with E-state index in [2.05, 4.69) is 10.4 Å². The molecule has 0 fully saturated rings. The number of benzene rings is 2. The van der Waals surface area contributed by atoms with E-state index in [1.807, 2.05) is 0 Å². The zero-order valence-corrected chi connectivity index (χ0v) is 24.5. The molecule has 0 bridgehead atoms. The first kappa shape index (κ1) is 33.3. The maximum Gasteiger partial charge on any atom is 0.355 e. The summed E-state index contributed by atoms with van der Waals surface area (Å²) in [7, 11) is 3.32. The van der Waals surface area contributed by atoms with Gasteiger partial charge >= 0.3 is 24.2 Å². The largest absolute Gasteiger partial charge is 0.465 e. The molecule has 0 saturated carbocycles. The van der Waals surface area contributed by atoms with Crippen LogP contribution in [0.2, 0.25) is 15.1 Å². The van der Waals surface area contributed by atoms with Crippen LogP contribution in [0.15, 0.2) is 35.1 Å². The van der Waals surface area contributed by atoms with E-state index in [9.17, 15) is 27.6 Å². The summed E-state index contributed by atoms with van der Waals surface area (Å²) in [5.74, 6) is -1.92. The Morgan fingerprint density at radius 1 is 1.10 bits per heavy atom. The van der Waals surface area contributed by atoms with Crippen molar-refractivity contribution in [3.8, 4) is 5.69 Å². The third-order valence-corrected chi connectivity index (χ3v) is 6.46. The Kier molecular flexibility index (Phi) is 12.2. The summed E-state index contributed by atoms with van der Waals surface area (Å²) in [5.41, 5.74) is -0.743. The molecule has 0 spiro atoms. The number of aryl methyl sites for hydroxylation is 1. The molecule has 9 nitrogen and oxygen atoms in total. The highest BCUT2D eigenvalue weighted by molar-refractivity contribution is 6.42. The average Bonchev–Trinajstić information content (AvgIpc) is 3.17. The van der Waals surface area contributed by atoms with Gasteiger partial charge in [0.05, 0.1) is 16.7 Å². The number of rotatable bonds is 7. The van der Waals surface area contributed by atoms with Crippen LogP contribution in [-0.4, -0.2) is 57.3 Å². The minimum absolute atomic E-state index is 0.0424. The van der Waals surface area contributed by atoms with Gasteiger partial charge in [0.1, 0.15) is 16.9 Å². The Hall–Kier alpha value is -2.93. The van der Waals surface area contributed by atoms with Gasteiger partial charge in [0.25, 0.3) is 0 Å². The molecule has 0 radical (unpaired) electrons. The molecule has 218 valence electrons. The lowest BCUT2D eigenvalue weighted by Crippen LogP contribution is -2.27. The quantitative estimate of drug-likeness (QED) is 0.239. The summed E-state index contributed by atoms with van der Waals surface area (Å²) in [5, 5.41) is 6.06. The summed E-state index contributed by atoms with van der Waals surface area (Å²) in [4.78, 5) is 36.4. The molecule has 3 rings (SSSR count). The van der Waals surface area contributed by atoms with Crippen LogP contribution in [0.5, 0.6) is 0 Å². The van der Waals surface area contributed by atoms with Gasteiger partial charge in [0, 0.05) is 31.2 Å². The summed E-state index contributed by atoms with van der Waals surface area (Å²) < 4.78 is 45.5. The number of nitrogens with zero attached hydrogens (tertiary/aromatic N) is 4. The standard InChI is InChI=1S/C15H14Cl2F3N3O3.C9H10Cl2N2O/c1-3-26-13(24)10(17)4-8-5-12(11(18)6-9(8)16)23-15(25)22(14(19)20)7(2)21-23;1-13(2)9(14)12-6-3-4-7(10)8(11)5-6/h5-6,10,14H,3-4H2,1-2H3;3-5H,1-2H3,(H,12,14). The molecule has 1 unspecified atom stereocenters. The lowest BCUT2D eigenvalue weighted by Gasteiger charge is -2.12. The van der Waals surface area contributed by atoms with E-state index in [4.69, 9.17) is 51.1 Å². The fraction of sp³-hybridized carbons (Fsp3) is 0.333. The van der Waals surface area contributed by atoms with Crippen molar-refractivity contribution in [2.24, 2.45) is 0 Å². The van der Waals surface area contributed by atoms with Gasteiger partial charge < -0.3 is 15.0 Å². The number of hydrogen-bond donors (Lipinski definition) is 1. The first-order chi connectivity index (χ1) is 18.7. The van der Waals surface area contributed by atoms with Gasteiger partial charge in [-0.05, 0) is 49.7 Å². The van der Waals surface area contributed by atoms with Crippen LogP contribution in [0.25, 0.3) is 5.69 Å². The van der Waals surface area contributed by atoms with Crippen molar-refractivity contribution in [3.05, 3.63) is 73.1 Å². The minimum atomic E-state index is -3.12. The summed E-state index contributed by atoms with van der Waals surface area (Å²) >= 11 is 23.4. The molecule has 40 heavy (non-hydrogen) atoms. The van der Waals surface area contributed by atoms with E-state index in [-0.39, 0.29) is 45.7 Å². The molecule has 2 aromatic carbocycles. The van der Waals surface area contributed by atoms with Crippen molar-refractivity contribution in [3.63, 3.8) is 0 Å². The molecule has 0 aliphatic heterocycles. The highest BCUT2D eigenvalue weighted by Crippen LogP contribution is 2.26. The highest BCUT2D eigenvalue weighted by Gasteiger charge is 2.23. The molecule has 1 N–H and O–H groups in total. The van der Waals surface area contributed by atoms with E-state index in [0.29, 0.717) is 20.4 Å². The Balaban J connectivity index is 0.000000337. The van der Waals surface area contributed by atoms with E-state index < -0.39 is 29.4 Å². The number of carbonyl (C=O) groups excluding carboxylic acids is 2. The number of alkyl halides is 3. The van der Waals surface area contributed by atoms with Gasteiger partial charge in [-0.2, -0.15) is 13.5 Å². The fourth-order valence-electron chi connectivity index (χ4n) is 3.08. The van der Waals surface area contributed by atoms with Crippen molar-refractivity contribution in [1.29, 1.82) is 0 Å². The lowest BCUT2D eigenvalue weighted by atomic mass is 10.1. The van der Waals surface area contributed by atoms with Crippen molar-refractivity contribution >= 4 is 64.1 Å². The number of amides is 2. The molecular formula is C24H24Cl4F3N5O4. The van der Waals surface area contributed by atoms with Crippen LogP contribution < -0.4 is 11.0 Å². The normalized spacial score (nSPS) is 11.5. The van der Waals surface area contributed by atoms with Crippen LogP contribution in [0.3, 0.4) is 0 Å². The van der Waals surface area contributed by atoms with Crippen molar-refractivity contribution in [1.82, 2.24) is 19.2 Å². The van der Waals surface area contributed by atoms with Crippen molar-refractivity contribution < 1.29 is 27.5 Å². The van der Waals surface area contributed by atoms with Gasteiger partial charge in [-0.3, -0.25) is 4.79 Å². The number of carbonyl (C=O) groups is 2. The van der Waals surface area contributed by atoms with Crippen LogP contribution in [0, 0.1) is 12.7 Å². The molecule has 1 aromatic heterocycles. The average molecular weight is 645 g/mol. The molecule has 0 aliphatic carbocycles. The van der Waals surface area contributed by atoms with Crippen molar-refractivity contribution in [2.45, 2.75) is 32.2 Å². The fourth-order valence-corrected chi connectivity index (χ4v) is 3.83. The number of nitrogens with one attached hydrogen (secondary N) is 1. The summed E-state index contributed by atoms with van der Waals surface area (Å²) in [6.45, 7) is -0.195. The summed E-state index contributed by atoms with van der Waals surface area (Å²) in [6, 6.07) is 6.75. The van der Waals surface area contributed by atoms with E-state index in [1.165, 1.54) is 11.8 Å². The van der Waals surface area contributed by atoms with Gasteiger partial charge in [0.2, 0.25) is 0 Å². The number of aromatic nitrogens is 3. The second-order valence-corrected chi connectivity index (χ2v) is 9.91. The first-order valence-corrected chi connectivity index (χ1v) is 12.9. The SMILES string of the molecule is CCOC(=O)C(Cl)Cc1cc(-n2nc(C)n(C(F)F)c2=O)c(F)cc1Cl.CN(C)C(=O)Nc1ccc(Cl)c(Cl)c1. The molecule has 2 amide bonds. The van der Waals surface area contributed by atoms with Crippen molar-refractivity contribution in [2.75, 3.05) is 26.0 Å². The predicted octanol–water partition coefficient (Wildman–Crippen LogP) is 6.33. The van der Waals surface area contributed by atoms with E-state index >= 15 is 0 Å².